The van der Waals surface area contributed by atoms with Crippen LogP contribution in [-0.2, 0) is 11.8 Å². The van der Waals surface area contributed by atoms with Gasteiger partial charge in [0.2, 0.25) is 5.95 Å². The molecule has 1 spiro atoms. The second-order valence-electron chi connectivity index (χ2n) is 10.2. The Bertz CT molecular complexity index is 1550. The Morgan fingerprint density at radius 3 is 2.49 bits per heavy atom. The maximum atomic E-state index is 14.6. The third-order valence-corrected chi connectivity index (χ3v) is 8.08. The number of halogens is 1. The number of aryl methyl sites for hydroxylation is 1. The van der Waals surface area contributed by atoms with Crippen LogP contribution in [0.4, 0.5) is 5.95 Å². The molecule has 0 amide bonds. The first-order chi connectivity index (χ1) is 18.1. The Morgan fingerprint density at radius 2 is 1.70 bits per heavy atom. The van der Waals surface area contributed by atoms with E-state index in [1.807, 2.05) is 61.5 Å². The molecule has 1 aromatic heterocycles. The average Bonchev–Trinajstić information content (AvgIpc) is 2.91. The molecule has 37 heavy (non-hydrogen) atoms. The molecule has 0 atom stereocenters. The quantitative estimate of drug-likeness (QED) is 0.237. The first-order valence-electron chi connectivity index (χ1n) is 12.9. The molecule has 3 aromatic carbocycles. The maximum Gasteiger partial charge on any atom is 0.263 e. The minimum atomic E-state index is -0.179. The van der Waals surface area contributed by atoms with Crippen LogP contribution < -0.4 is 11.0 Å². The van der Waals surface area contributed by atoms with E-state index in [1.165, 1.54) is 12.0 Å². The third-order valence-electron chi connectivity index (χ3n) is 7.83. The SMILES string of the molecule is Cc1ccccc1-n1c(N/N=C\c2ccc(Cl)cc2)nc2c(c1=O)C1(CCCCC1)Cc1ccccc1-2. The molecule has 4 aromatic rings. The van der Waals surface area contributed by atoms with E-state index < -0.39 is 0 Å². The zero-order valence-corrected chi connectivity index (χ0v) is 21.6. The van der Waals surface area contributed by atoms with Gasteiger partial charge in [-0.25, -0.2) is 15.0 Å². The van der Waals surface area contributed by atoms with Crippen LogP contribution in [0.2, 0.25) is 5.02 Å². The highest BCUT2D eigenvalue weighted by Gasteiger charge is 2.43. The fourth-order valence-electron chi connectivity index (χ4n) is 6.03. The fourth-order valence-corrected chi connectivity index (χ4v) is 6.16. The van der Waals surface area contributed by atoms with Crippen molar-refractivity contribution in [3.8, 4) is 16.9 Å². The second-order valence-corrected chi connectivity index (χ2v) is 10.6. The summed E-state index contributed by atoms with van der Waals surface area (Å²) in [4.78, 5) is 19.7. The van der Waals surface area contributed by atoms with E-state index >= 15 is 0 Å². The fraction of sp³-hybridized carbons (Fsp3) is 0.258. The standard InChI is InChI=1S/C31H29ClN4O/c1-21-9-3-6-12-26(21)36-29(37)27-28(34-30(36)35-33-20-22-13-15-24(32)16-14-22)25-11-5-4-10-23(25)19-31(27)17-7-2-8-18-31/h3-6,9-16,20H,2,7-8,17-19H2,1H3,(H,34,35)/b33-20-. The Morgan fingerprint density at radius 1 is 0.973 bits per heavy atom. The van der Waals surface area contributed by atoms with Gasteiger partial charge in [0.25, 0.3) is 5.56 Å². The third kappa shape index (κ3) is 4.27. The van der Waals surface area contributed by atoms with Gasteiger partial charge in [0, 0.05) is 16.0 Å². The Kier molecular flexibility index (Phi) is 6.17. The van der Waals surface area contributed by atoms with E-state index in [9.17, 15) is 4.79 Å². The van der Waals surface area contributed by atoms with Crippen LogP contribution in [-0.4, -0.2) is 15.8 Å². The zero-order valence-electron chi connectivity index (χ0n) is 20.9. The van der Waals surface area contributed by atoms with Crippen molar-refractivity contribution in [1.29, 1.82) is 0 Å². The summed E-state index contributed by atoms with van der Waals surface area (Å²) >= 11 is 6.02. The van der Waals surface area contributed by atoms with Gasteiger partial charge in [0.05, 0.1) is 23.2 Å². The van der Waals surface area contributed by atoms with Crippen LogP contribution in [0.15, 0.2) is 82.7 Å². The number of hydrazone groups is 1. The molecule has 5 nitrogen and oxygen atoms in total. The summed E-state index contributed by atoms with van der Waals surface area (Å²) in [5.74, 6) is 0.408. The van der Waals surface area contributed by atoms with Crippen LogP contribution in [0.5, 0.6) is 0 Å². The monoisotopic (exact) mass is 508 g/mol. The van der Waals surface area contributed by atoms with Gasteiger partial charge in [0.15, 0.2) is 0 Å². The summed E-state index contributed by atoms with van der Waals surface area (Å²) in [6.45, 7) is 2.02. The molecule has 186 valence electrons. The number of fused-ring (bicyclic) bond motifs is 4. The molecular weight excluding hydrogens is 480 g/mol. The number of aromatic nitrogens is 2. The van der Waals surface area contributed by atoms with E-state index in [1.54, 1.807) is 10.8 Å². The van der Waals surface area contributed by atoms with E-state index in [0.717, 1.165) is 65.7 Å². The van der Waals surface area contributed by atoms with Crippen LogP contribution in [0, 0.1) is 6.92 Å². The van der Waals surface area contributed by atoms with Gasteiger partial charge >= 0.3 is 0 Å². The van der Waals surface area contributed by atoms with Gasteiger partial charge in [-0.3, -0.25) is 4.79 Å². The number of benzene rings is 3. The lowest BCUT2D eigenvalue weighted by molar-refractivity contribution is 0.284. The molecule has 6 heteroatoms. The van der Waals surface area contributed by atoms with Crippen molar-refractivity contribution in [1.82, 2.24) is 9.55 Å². The Balaban J connectivity index is 1.57. The largest absolute Gasteiger partial charge is 0.268 e. The number of hydrogen-bond donors (Lipinski definition) is 1. The van der Waals surface area contributed by atoms with Crippen LogP contribution in [0.3, 0.4) is 0 Å². The number of nitrogens with zero attached hydrogens (tertiary/aromatic N) is 3. The molecule has 1 fully saturated rings. The van der Waals surface area contributed by atoms with Crippen molar-refractivity contribution in [3.05, 3.63) is 110 Å². The predicted molar refractivity (Wildman–Crippen MR) is 151 cm³/mol. The molecule has 0 aliphatic heterocycles. The smallest absolute Gasteiger partial charge is 0.263 e. The topological polar surface area (TPSA) is 59.3 Å². The normalized spacial score (nSPS) is 15.9. The highest BCUT2D eigenvalue weighted by Crippen LogP contribution is 2.48. The number of nitrogens with one attached hydrogen (secondary N) is 1. The highest BCUT2D eigenvalue weighted by molar-refractivity contribution is 6.30. The van der Waals surface area contributed by atoms with Gasteiger partial charge in [-0.15, -0.1) is 0 Å². The second kappa shape index (κ2) is 9.64. The zero-order chi connectivity index (χ0) is 25.4. The highest BCUT2D eigenvalue weighted by atomic mass is 35.5. The molecule has 1 heterocycles. The van der Waals surface area contributed by atoms with Gasteiger partial charge in [0.1, 0.15) is 0 Å². The first kappa shape index (κ1) is 23.7. The molecule has 2 aliphatic rings. The van der Waals surface area contributed by atoms with Gasteiger partial charge in [-0.1, -0.05) is 85.5 Å². The maximum absolute atomic E-state index is 14.6. The van der Waals surface area contributed by atoms with E-state index in [-0.39, 0.29) is 11.0 Å². The molecule has 2 aliphatic carbocycles. The van der Waals surface area contributed by atoms with E-state index in [0.29, 0.717) is 11.0 Å². The van der Waals surface area contributed by atoms with Crippen molar-refractivity contribution in [2.75, 3.05) is 5.43 Å². The summed E-state index contributed by atoms with van der Waals surface area (Å²) in [7, 11) is 0. The van der Waals surface area contributed by atoms with Crippen molar-refractivity contribution in [2.45, 2.75) is 50.9 Å². The minimum absolute atomic E-state index is 0.0000963. The Hall–Kier alpha value is -3.70. The molecule has 0 radical (unpaired) electrons. The Labute approximate surface area is 221 Å². The number of rotatable bonds is 4. The molecule has 1 N–H and O–H groups in total. The molecule has 0 unspecified atom stereocenters. The number of hydrogen-bond acceptors (Lipinski definition) is 4. The van der Waals surface area contributed by atoms with Gasteiger partial charge in [-0.05, 0) is 61.1 Å². The molecule has 0 saturated heterocycles. The molecule has 1 saturated carbocycles. The van der Waals surface area contributed by atoms with Gasteiger partial charge < -0.3 is 0 Å². The van der Waals surface area contributed by atoms with Crippen molar-refractivity contribution in [3.63, 3.8) is 0 Å². The van der Waals surface area contributed by atoms with E-state index in [4.69, 9.17) is 16.6 Å². The van der Waals surface area contributed by atoms with Crippen molar-refractivity contribution < 1.29 is 0 Å². The summed E-state index contributed by atoms with van der Waals surface area (Å²) in [6.07, 6.45) is 8.12. The van der Waals surface area contributed by atoms with Crippen molar-refractivity contribution >= 4 is 23.8 Å². The number of para-hydroxylation sites is 1. The summed E-state index contributed by atoms with van der Waals surface area (Å²) < 4.78 is 1.72. The predicted octanol–water partition coefficient (Wildman–Crippen LogP) is 7.07. The average molecular weight is 509 g/mol. The number of anilines is 1. The van der Waals surface area contributed by atoms with Crippen molar-refractivity contribution in [2.24, 2.45) is 5.10 Å². The summed E-state index contributed by atoms with van der Waals surface area (Å²) in [5, 5.41) is 5.14. The van der Waals surface area contributed by atoms with E-state index in [2.05, 4.69) is 28.7 Å². The summed E-state index contributed by atoms with van der Waals surface area (Å²) in [5.41, 5.74) is 9.62. The van der Waals surface area contributed by atoms with Crippen LogP contribution >= 0.6 is 11.6 Å². The van der Waals surface area contributed by atoms with Crippen LogP contribution in [0.1, 0.15) is 54.4 Å². The lowest BCUT2D eigenvalue weighted by Crippen LogP contribution is -2.43. The molecule has 6 rings (SSSR count). The lowest BCUT2D eigenvalue weighted by atomic mass is 9.62. The minimum Gasteiger partial charge on any atom is -0.268 e. The first-order valence-corrected chi connectivity index (χ1v) is 13.3. The van der Waals surface area contributed by atoms with Gasteiger partial charge in [-0.2, -0.15) is 5.10 Å². The van der Waals surface area contributed by atoms with Crippen LogP contribution in [0.25, 0.3) is 16.9 Å². The molecule has 0 bridgehead atoms. The summed E-state index contributed by atoms with van der Waals surface area (Å²) in [6, 6.07) is 23.8. The molecular formula is C31H29ClN4O. The lowest BCUT2D eigenvalue weighted by Gasteiger charge is -2.42.